The number of anilines is 1. The van der Waals surface area contributed by atoms with Gasteiger partial charge in [-0.3, -0.25) is 0 Å². The molecule has 0 saturated carbocycles. The molecule has 1 saturated heterocycles. The van der Waals surface area contributed by atoms with Crippen LogP contribution in [0.15, 0.2) is 3.79 Å². The molecule has 106 valence electrons. The smallest absolute Gasteiger partial charge is 0.156 e. The van der Waals surface area contributed by atoms with Crippen molar-refractivity contribution in [1.29, 1.82) is 0 Å². The molecule has 0 aromatic carbocycles. The molecule has 0 unspecified atom stereocenters. The molecule has 1 fully saturated rings. The average molecular weight is 354 g/mol. The Morgan fingerprint density at radius 3 is 2.80 bits per heavy atom. The first-order valence-corrected chi connectivity index (χ1v) is 8.70. The van der Waals surface area contributed by atoms with Gasteiger partial charge in [-0.25, -0.2) is 4.98 Å². The molecule has 0 radical (unpaired) electrons. The van der Waals surface area contributed by atoms with E-state index in [0.717, 1.165) is 54.3 Å². The second kappa shape index (κ2) is 5.24. The van der Waals surface area contributed by atoms with E-state index in [-0.39, 0.29) is 0 Å². The summed E-state index contributed by atoms with van der Waals surface area (Å²) in [5.41, 5.74) is 3.78. The van der Waals surface area contributed by atoms with Crippen molar-refractivity contribution in [3.8, 4) is 0 Å². The van der Waals surface area contributed by atoms with Gasteiger partial charge >= 0.3 is 0 Å². The van der Waals surface area contributed by atoms with E-state index in [4.69, 9.17) is 9.72 Å². The van der Waals surface area contributed by atoms with Crippen molar-refractivity contribution in [2.24, 2.45) is 0 Å². The highest BCUT2D eigenvalue weighted by atomic mass is 79.9. The van der Waals surface area contributed by atoms with Gasteiger partial charge in [0.1, 0.15) is 5.52 Å². The molecule has 0 bridgehead atoms. The molecule has 0 amide bonds. The van der Waals surface area contributed by atoms with Crippen LogP contribution in [-0.2, 0) is 17.6 Å². The minimum atomic E-state index is 0.783. The van der Waals surface area contributed by atoms with Crippen LogP contribution in [0, 0.1) is 0 Å². The minimum Gasteiger partial charge on any atom is -0.378 e. The summed E-state index contributed by atoms with van der Waals surface area (Å²) in [5, 5.41) is 1.31. The third kappa shape index (κ3) is 2.05. The molecule has 6 heteroatoms. The van der Waals surface area contributed by atoms with Crippen LogP contribution in [0.5, 0.6) is 0 Å². The summed E-state index contributed by atoms with van der Waals surface area (Å²) < 4.78 is 11.3. The number of fused-ring (bicyclic) bond motifs is 3. The lowest BCUT2D eigenvalue weighted by atomic mass is 9.93. The lowest BCUT2D eigenvalue weighted by Gasteiger charge is -2.29. The monoisotopic (exact) mass is 353 g/mol. The fourth-order valence-corrected chi connectivity index (χ4v) is 4.44. The Morgan fingerprint density at radius 2 is 1.95 bits per heavy atom. The fraction of sp³-hybridized carbons (Fsp3) is 0.571. The van der Waals surface area contributed by atoms with Gasteiger partial charge in [-0.1, -0.05) is 0 Å². The van der Waals surface area contributed by atoms with Crippen molar-refractivity contribution < 1.29 is 4.74 Å². The van der Waals surface area contributed by atoms with Gasteiger partial charge < -0.3 is 9.64 Å². The molecule has 3 heterocycles. The largest absolute Gasteiger partial charge is 0.378 e. The number of hydrogen-bond acceptors (Lipinski definition) is 5. The van der Waals surface area contributed by atoms with Crippen LogP contribution >= 0.6 is 27.5 Å². The highest BCUT2D eigenvalue weighted by molar-refractivity contribution is 9.11. The number of aromatic nitrogens is 2. The van der Waals surface area contributed by atoms with Crippen LogP contribution in [0.4, 0.5) is 5.82 Å². The highest BCUT2D eigenvalue weighted by Gasteiger charge is 2.24. The Bertz CT molecular complexity index is 651. The Morgan fingerprint density at radius 1 is 1.15 bits per heavy atom. The molecule has 2 aromatic rings. The molecule has 0 spiro atoms. The molecule has 0 atom stereocenters. The zero-order chi connectivity index (χ0) is 13.5. The van der Waals surface area contributed by atoms with Crippen molar-refractivity contribution in [3.05, 3.63) is 15.0 Å². The third-order valence-electron chi connectivity index (χ3n) is 4.15. The van der Waals surface area contributed by atoms with E-state index in [1.54, 1.807) is 0 Å². The van der Waals surface area contributed by atoms with E-state index < -0.39 is 0 Å². The van der Waals surface area contributed by atoms with Crippen molar-refractivity contribution in [1.82, 2.24) is 9.36 Å². The maximum absolute atomic E-state index is 5.45. The summed E-state index contributed by atoms with van der Waals surface area (Å²) in [5.74, 6) is 1.06. The first-order valence-electron chi connectivity index (χ1n) is 7.14. The first-order chi connectivity index (χ1) is 9.84. The third-order valence-corrected chi connectivity index (χ3v) is 5.62. The van der Waals surface area contributed by atoms with Crippen LogP contribution in [0.1, 0.15) is 24.1 Å². The molecule has 1 aliphatic heterocycles. The van der Waals surface area contributed by atoms with E-state index in [2.05, 4.69) is 25.2 Å². The molecule has 1 aliphatic carbocycles. The molecule has 2 aliphatic rings. The number of morpholine rings is 1. The maximum atomic E-state index is 5.45. The highest BCUT2D eigenvalue weighted by Crippen LogP contribution is 2.39. The van der Waals surface area contributed by atoms with Crippen LogP contribution in [-0.4, -0.2) is 35.7 Å². The van der Waals surface area contributed by atoms with Gasteiger partial charge in [-0.15, -0.1) is 0 Å². The molecule has 4 rings (SSSR count). The predicted molar refractivity (Wildman–Crippen MR) is 84.8 cm³/mol. The van der Waals surface area contributed by atoms with Gasteiger partial charge in [0.05, 0.1) is 17.0 Å². The first kappa shape index (κ1) is 13.0. The van der Waals surface area contributed by atoms with Gasteiger partial charge in [0, 0.05) is 24.2 Å². The Hall–Kier alpha value is -0.720. The standard InChI is InChI=1S/C14H16BrN3OS/c15-13-11-9-3-1-2-4-10(9)16-14(12(11)17-20-13)18-5-7-19-8-6-18/h1-8H2. The van der Waals surface area contributed by atoms with Gasteiger partial charge in [-0.05, 0) is 58.7 Å². The van der Waals surface area contributed by atoms with Gasteiger partial charge in [0.2, 0.25) is 0 Å². The molecule has 4 nitrogen and oxygen atoms in total. The number of aryl methyl sites for hydroxylation is 2. The summed E-state index contributed by atoms with van der Waals surface area (Å²) in [7, 11) is 0. The van der Waals surface area contributed by atoms with Gasteiger partial charge in [0.25, 0.3) is 0 Å². The summed E-state index contributed by atoms with van der Waals surface area (Å²) in [6, 6.07) is 0. The zero-order valence-electron chi connectivity index (χ0n) is 11.2. The van der Waals surface area contributed by atoms with Crippen LogP contribution in [0.25, 0.3) is 10.9 Å². The lowest BCUT2D eigenvalue weighted by Crippen LogP contribution is -2.37. The van der Waals surface area contributed by atoms with Crippen molar-refractivity contribution >= 4 is 44.2 Å². The van der Waals surface area contributed by atoms with E-state index in [9.17, 15) is 0 Å². The van der Waals surface area contributed by atoms with E-state index >= 15 is 0 Å². The van der Waals surface area contributed by atoms with E-state index in [0.29, 0.717) is 0 Å². The normalized spacial score (nSPS) is 19.4. The number of hydrogen-bond donors (Lipinski definition) is 0. The summed E-state index contributed by atoms with van der Waals surface area (Å²) in [6.07, 6.45) is 4.76. The SMILES string of the molecule is Brc1snc2c(N3CCOCC3)nc3c(c12)CCCC3. The molecular weight excluding hydrogens is 338 g/mol. The second-order valence-electron chi connectivity index (χ2n) is 5.35. The maximum Gasteiger partial charge on any atom is 0.156 e. The second-order valence-corrected chi connectivity index (χ2v) is 7.44. The Balaban J connectivity index is 1.92. The quantitative estimate of drug-likeness (QED) is 0.789. The predicted octanol–water partition coefficient (Wildman–Crippen LogP) is 3.17. The number of nitrogens with zero attached hydrogens (tertiary/aromatic N) is 3. The number of ether oxygens (including phenoxy) is 1. The minimum absolute atomic E-state index is 0.783. The van der Waals surface area contributed by atoms with Crippen LogP contribution < -0.4 is 4.90 Å². The van der Waals surface area contributed by atoms with Gasteiger partial charge in [0.15, 0.2) is 5.82 Å². The van der Waals surface area contributed by atoms with Crippen molar-refractivity contribution in [3.63, 3.8) is 0 Å². The van der Waals surface area contributed by atoms with Crippen molar-refractivity contribution in [2.45, 2.75) is 25.7 Å². The average Bonchev–Trinajstić information content (AvgIpc) is 2.90. The zero-order valence-corrected chi connectivity index (χ0v) is 13.6. The summed E-state index contributed by atoms with van der Waals surface area (Å²) >= 11 is 5.23. The molecule has 20 heavy (non-hydrogen) atoms. The molecule has 2 aromatic heterocycles. The molecular formula is C14H16BrN3OS. The van der Waals surface area contributed by atoms with E-state index in [1.807, 2.05) is 0 Å². The van der Waals surface area contributed by atoms with Crippen LogP contribution in [0.3, 0.4) is 0 Å². The van der Waals surface area contributed by atoms with Crippen molar-refractivity contribution in [2.75, 3.05) is 31.2 Å². The lowest BCUT2D eigenvalue weighted by molar-refractivity contribution is 0.122. The Kier molecular flexibility index (Phi) is 3.40. The summed E-state index contributed by atoms with van der Waals surface area (Å²) in [6.45, 7) is 3.39. The summed E-state index contributed by atoms with van der Waals surface area (Å²) in [4.78, 5) is 7.30. The Labute approximate surface area is 130 Å². The number of halogens is 1. The number of rotatable bonds is 1. The van der Waals surface area contributed by atoms with E-state index in [1.165, 1.54) is 41.0 Å². The number of pyridine rings is 1. The van der Waals surface area contributed by atoms with Gasteiger partial charge in [-0.2, -0.15) is 4.37 Å². The fourth-order valence-electron chi connectivity index (χ4n) is 3.14. The van der Waals surface area contributed by atoms with Crippen LogP contribution in [0.2, 0.25) is 0 Å². The molecule has 0 N–H and O–H groups in total. The topological polar surface area (TPSA) is 38.2 Å².